The number of hydrogen-bond acceptors (Lipinski definition) is 5. The molecule has 4 aromatic rings. The van der Waals surface area contributed by atoms with Gasteiger partial charge in [0.2, 0.25) is 0 Å². The van der Waals surface area contributed by atoms with E-state index in [0.29, 0.717) is 36.8 Å². The van der Waals surface area contributed by atoms with Crippen molar-refractivity contribution >= 4 is 17.4 Å². The van der Waals surface area contributed by atoms with E-state index < -0.39 is 17.6 Å². The summed E-state index contributed by atoms with van der Waals surface area (Å²) in [5.41, 5.74) is 0.650. The van der Waals surface area contributed by atoms with Crippen LogP contribution in [0.1, 0.15) is 22.3 Å². The van der Waals surface area contributed by atoms with Crippen LogP contribution >= 0.6 is 0 Å². The minimum absolute atomic E-state index is 0.0141. The van der Waals surface area contributed by atoms with E-state index in [1.807, 2.05) is 47.4 Å². The molecule has 1 fully saturated rings. The first-order valence-electron chi connectivity index (χ1n) is 10.4. The van der Waals surface area contributed by atoms with E-state index in [2.05, 4.69) is 20.6 Å². The van der Waals surface area contributed by atoms with Crippen molar-refractivity contribution in [2.75, 3.05) is 18.0 Å². The summed E-state index contributed by atoms with van der Waals surface area (Å²) in [6.45, 7) is 1.14. The maximum Gasteiger partial charge on any atom is 0.416 e. The quantitative estimate of drug-likeness (QED) is 0.510. The first-order chi connectivity index (χ1) is 15.9. The Hall–Kier alpha value is -3.95. The van der Waals surface area contributed by atoms with Crippen LogP contribution in [-0.2, 0) is 6.18 Å². The Kier molecular flexibility index (Phi) is 5.20. The molecular formula is C23H19F3N6O. The molecule has 5 rings (SSSR count). The number of amides is 1. The lowest BCUT2D eigenvalue weighted by Crippen LogP contribution is -2.37. The van der Waals surface area contributed by atoms with Crippen molar-refractivity contribution in [1.82, 2.24) is 25.1 Å². The summed E-state index contributed by atoms with van der Waals surface area (Å²) in [5, 5.41) is 15.9. The van der Waals surface area contributed by atoms with Crippen LogP contribution in [0.15, 0.2) is 66.7 Å². The summed E-state index contributed by atoms with van der Waals surface area (Å²) in [6.07, 6.45) is -3.84. The summed E-state index contributed by atoms with van der Waals surface area (Å²) >= 11 is 0. The predicted octanol–water partition coefficient (Wildman–Crippen LogP) is 3.82. The molecule has 2 aromatic carbocycles. The lowest BCUT2D eigenvalue weighted by Gasteiger charge is -2.18. The van der Waals surface area contributed by atoms with E-state index in [9.17, 15) is 18.0 Å². The third-order valence-electron chi connectivity index (χ3n) is 5.58. The van der Waals surface area contributed by atoms with Crippen LogP contribution in [0.2, 0.25) is 0 Å². The minimum Gasteiger partial charge on any atom is -0.353 e. The number of hydrogen-bond donors (Lipinski definition) is 1. The molecular weight excluding hydrogens is 433 g/mol. The molecule has 0 bridgehead atoms. The molecule has 1 aliphatic rings. The fourth-order valence-corrected chi connectivity index (χ4v) is 3.91. The average Bonchev–Trinajstić information content (AvgIpc) is 3.46. The fourth-order valence-electron chi connectivity index (χ4n) is 3.91. The van der Waals surface area contributed by atoms with E-state index in [4.69, 9.17) is 0 Å². The number of nitrogens with one attached hydrogen (secondary N) is 1. The Morgan fingerprint density at radius 2 is 1.82 bits per heavy atom. The van der Waals surface area contributed by atoms with Crippen molar-refractivity contribution in [2.45, 2.75) is 18.6 Å². The Labute approximate surface area is 186 Å². The highest BCUT2D eigenvalue weighted by molar-refractivity contribution is 5.94. The van der Waals surface area contributed by atoms with Crippen LogP contribution in [0.25, 0.3) is 17.0 Å². The average molecular weight is 452 g/mol. The van der Waals surface area contributed by atoms with Gasteiger partial charge in [-0.25, -0.2) is 0 Å². The predicted molar refractivity (Wildman–Crippen MR) is 116 cm³/mol. The van der Waals surface area contributed by atoms with Gasteiger partial charge in [-0.1, -0.05) is 36.4 Å². The first kappa shape index (κ1) is 20.9. The number of alkyl halides is 3. The van der Waals surface area contributed by atoms with Crippen molar-refractivity contribution in [3.05, 3.63) is 77.9 Å². The standard InChI is InChI=1S/C23H19F3N6O/c24-23(25,26)17-8-4-7-16(13-17)22(33)27-18-11-12-31(14-18)20-10-9-19-28-29-21(32(19)30-20)15-5-2-1-3-6-15/h1-10,13,18H,11-12,14H2,(H,27,33). The summed E-state index contributed by atoms with van der Waals surface area (Å²) < 4.78 is 40.5. The van der Waals surface area contributed by atoms with Crippen LogP contribution in [0.5, 0.6) is 0 Å². The second kappa shape index (κ2) is 8.19. The third-order valence-corrected chi connectivity index (χ3v) is 5.58. The van der Waals surface area contributed by atoms with Crippen LogP contribution in [-0.4, -0.2) is 44.8 Å². The Morgan fingerprint density at radius 3 is 2.61 bits per heavy atom. The van der Waals surface area contributed by atoms with Gasteiger partial charge in [-0.2, -0.15) is 17.7 Å². The van der Waals surface area contributed by atoms with Crippen LogP contribution < -0.4 is 10.2 Å². The third kappa shape index (κ3) is 4.23. The number of halogens is 3. The van der Waals surface area contributed by atoms with Crippen LogP contribution in [0.3, 0.4) is 0 Å². The fraction of sp³-hybridized carbons (Fsp3) is 0.217. The summed E-state index contributed by atoms with van der Waals surface area (Å²) in [5.74, 6) is 0.804. The normalized spacial score (nSPS) is 16.3. The first-order valence-corrected chi connectivity index (χ1v) is 10.4. The highest BCUT2D eigenvalue weighted by Gasteiger charge is 2.31. The molecule has 1 unspecified atom stereocenters. The minimum atomic E-state index is -4.49. The molecule has 1 saturated heterocycles. The maximum atomic E-state index is 12.9. The van der Waals surface area contributed by atoms with Crippen molar-refractivity contribution in [3.63, 3.8) is 0 Å². The topological polar surface area (TPSA) is 75.4 Å². The molecule has 2 aromatic heterocycles. The molecule has 33 heavy (non-hydrogen) atoms. The number of fused-ring (bicyclic) bond motifs is 1. The molecule has 3 heterocycles. The summed E-state index contributed by atoms with van der Waals surface area (Å²) in [4.78, 5) is 14.6. The smallest absolute Gasteiger partial charge is 0.353 e. The number of anilines is 1. The molecule has 1 aliphatic heterocycles. The molecule has 0 spiro atoms. The second-order valence-electron chi connectivity index (χ2n) is 7.83. The van der Waals surface area contributed by atoms with E-state index >= 15 is 0 Å². The number of nitrogens with zero attached hydrogens (tertiary/aromatic N) is 5. The second-order valence-corrected chi connectivity index (χ2v) is 7.83. The molecule has 10 heteroatoms. The highest BCUT2D eigenvalue weighted by Crippen LogP contribution is 2.29. The number of benzene rings is 2. The molecule has 0 aliphatic carbocycles. The Balaban J connectivity index is 1.31. The van der Waals surface area contributed by atoms with Gasteiger partial charge >= 0.3 is 6.18 Å². The van der Waals surface area contributed by atoms with Crippen molar-refractivity contribution in [2.24, 2.45) is 0 Å². The van der Waals surface area contributed by atoms with E-state index in [1.165, 1.54) is 12.1 Å². The Bertz CT molecular complexity index is 1300. The number of rotatable bonds is 4. The lowest BCUT2D eigenvalue weighted by atomic mass is 10.1. The monoisotopic (exact) mass is 452 g/mol. The zero-order valence-corrected chi connectivity index (χ0v) is 17.3. The van der Waals surface area contributed by atoms with Gasteiger partial charge in [0.05, 0.1) is 5.56 Å². The number of aromatic nitrogens is 4. The summed E-state index contributed by atoms with van der Waals surface area (Å²) in [7, 11) is 0. The van der Waals surface area contributed by atoms with Gasteiger partial charge in [0.25, 0.3) is 5.91 Å². The van der Waals surface area contributed by atoms with Crippen molar-refractivity contribution in [1.29, 1.82) is 0 Å². The van der Waals surface area contributed by atoms with E-state index in [-0.39, 0.29) is 11.6 Å². The zero-order valence-electron chi connectivity index (χ0n) is 17.3. The van der Waals surface area contributed by atoms with Crippen molar-refractivity contribution < 1.29 is 18.0 Å². The Morgan fingerprint density at radius 1 is 1.00 bits per heavy atom. The zero-order chi connectivity index (χ0) is 23.0. The molecule has 7 nitrogen and oxygen atoms in total. The van der Waals surface area contributed by atoms with Gasteiger partial charge in [-0.05, 0) is 36.8 Å². The van der Waals surface area contributed by atoms with E-state index in [1.54, 1.807) is 4.52 Å². The van der Waals surface area contributed by atoms with Crippen LogP contribution in [0.4, 0.5) is 19.0 Å². The van der Waals surface area contributed by atoms with Gasteiger partial charge in [-0.15, -0.1) is 15.3 Å². The molecule has 0 radical (unpaired) electrons. The molecule has 1 amide bonds. The van der Waals surface area contributed by atoms with Gasteiger partial charge in [0.15, 0.2) is 11.5 Å². The van der Waals surface area contributed by atoms with Gasteiger partial charge in [0, 0.05) is 30.3 Å². The SMILES string of the molecule is O=C(NC1CCN(c2ccc3nnc(-c4ccccc4)n3n2)C1)c1cccc(C(F)(F)F)c1. The molecule has 168 valence electrons. The molecule has 1 atom stereocenters. The van der Waals surface area contributed by atoms with Gasteiger partial charge < -0.3 is 10.2 Å². The molecule has 1 N–H and O–H groups in total. The molecule has 0 saturated carbocycles. The maximum absolute atomic E-state index is 12.9. The van der Waals surface area contributed by atoms with E-state index in [0.717, 1.165) is 17.7 Å². The van der Waals surface area contributed by atoms with Crippen molar-refractivity contribution in [3.8, 4) is 11.4 Å². The lowest BCUT2D eigenvalue weighted by molar-refractivity contribution is -0.137. The summed E-state index contributed by atoms with van der Waals surface area (Å²) in [6, 6.07) is 17.5. The number of carbonyl (C=O) groups is 1. The highest BCUT2D eigenvalue weighted by atomic mass is 19.4. The van der Waals surface area contributed by atoms with Gasteiger partial charge in [0.1, 0.15) is 5.82 Å². The number of carbonyl (C=O) groups excluding carboxylic acids is 1. The largest absolute Gasteiger partial charge is 0.416 e. The van der Waals surface area contributed by atoms with Crippen LogP contribution in [0, 0.1) is 0 Å². The van der Waals surface area contributed by atoms with Gasteiger partial charge in [-0.3, -0.25) is 4.79 Å².